The van der Waals surface area contributed by atoms with E-state index in [0.717, 1.165) is 39.1 Å². The summed E-state index contributed by atoms with van der Waals surface area (Å²) in [6.45, 7) is 8.24. The van der Waals surface area contributed by atoms with Gasteiger partial charge in [0.2, 0.25) is 5.91 Å². The molecule has 96 valence electrons. The Morgan fingerprint density at radius 2 is 1.76 bits per heavy atom. The van der Waals surface area contributed by atoms with Crippen LogP contribution in [0, 0.1) is 16.7 Å². The number of carbonyl (C=O) groups is 1. The van der Waals surface area contributed by atoms with E-state index in [-0.39, 0.29) is 5.92 Å². The van der Waals surface area contributed by atoms with Gasteiger partial charge in [-0.3, -0.25) is 4.79 Å². The van der Waals surface area contributed by atoms with Crippen molar-refractivity contribution in [3.63, 3.8) is 0 Å². The number of amides is 1. The molecule has 0 bridgehead atoms. The minimum absolute atomic E-state index is 0.245. The predicted octanol–water partition coefficient (Wildman–Crippen LogP) is 2.06. The minimum atomic E-state index is 0.245. The first-order chi connectivity index (χ1) is 8.00. The van der Waals surface area contributed by atoms with Gasteiger partial charge in [0.15, 0.2) is 0 Å². The number of ether oxygens (including phenoxy) is 1. The molecular weight excluding hydrogens is 214 g/mol. The summed E-state index contributed by atoms with van der Waals surface area (Å²) >= 11 is 0. The van der Waals surface area contributed by atoms with E-state index < -0.39 is 0 Å². The number of likely N-dealkylation sites (tertiary alicyclic amines) is 1. The zero-order valence-corrected chi connectivity index (χ0v) is 11.0. The van der Waals surface area contributed by atoms with E-state index in [2.05, 4.69) is 18.7 Å². The second kappa shape index (κ2) is 3.71. The van der Waals surface area contributed by atoms with Crippen LogP contribution in [0.3, 0.4) is 0 Å². The fraction of sp³-hybridized carbons (Fsp3) is 0.929. The van der Waals surface area contributed by atoms with Crippen molar-refractivity contribution in [1.29, 1.82) is 0 Å². The van der Waals surface area contributed by atoms with Gasteiger partial charge < -0.3 is 9.64 Å². The van der Waals surface area contributed by atoms with E-state index in [0.29, 0.717) is 16.7 Å². The molecule has 3 heteroatoms. The van der Waals surface area contributed by atoms with Crippen LogP contribution in [0.4, 0.5) is 0 Å². The number of nitrogens with zero attached hydrogens (tertiary/aromatic N) is 1. The highest BCUT2D eigenvalue weighted by Crippen LogP contribution is 2.58. The Bertz CT molecular complexity index is 315. The van der Waals surface area contributed by atoms with Gasteiger partial charge in [0.05, 0.1) is 0 Å². The molecule has 1 aliphatic carbocycles. The highest BCUT2D eigenvalue weighted by Gasteiger charge is 2.57. The number of hydrogen-bond acceptors (Lipinski definition) is 2. The molecule has 2 aliphatic heterocycles. The molecule has 17 heavy (non-hydrogen) atoms. The van der Waals surface area contributed by atoms with E-state index in [9.17, 15) is 4.79 Å². The molecular formula is C14H23NO2. The molecule has 0 radical (unpaired) electrons. The van der Waals surface area contributed by atoms with Crippen molar-refractivity contribution in [2.45, 2.75) is 39.5 Å². The van der Waals surface area contributed by atoms with Gasteiger partial charge in [-0.15, -0.1) is 0 Å². The maximum absolute atomic E-state index is 12.2. The van der Waals surface area contributed by atoms with Crippen LogP contribution >= 0.6 is 0 Å². The molecule has 2 saturated heterocycles. The monoisotopic (exact) mass is 237 g/mol. The van der Waals surface area contributed by atoms with Gasteiger partial charge in [-0.05, 0) is 31.1 Å². The van der Waals surface area contributed by atoms with Gasteiger partial charge in [-0.25, -0.2) is 0 Å². The zero-order valence-electron chi connectivity index (χ0n) is 11.0. The molecule has 2 heterocycles. The highest BCUT2D eigenvalue weighted by molar-refractivity contribution is 5.80. The molecule has 3 aliphatic rings. The Balaban J connectivity index is 1.50. The summed E-state index contributed by atoms with van der Waals surface area (Å²) in [4.78, 5) is 14.3. The van der Waals surface area contributed by atoms with Gasteiger partial charge in [0, 0.05) is 37.6 Å². The Labute approximate surface area is 104 Å². The SMILES string of the molecule is CC1(C)CC2(CN(C(=O)C3CCOCC3)C2)C1. The first-order valence-corrected chi connectivity index (χ1v) is 6.86. The molecule has 0 atom stereocenters. The molecule has 3 rings (SSSR count). The summed E-state index contributed by atoms with van der Waals surface area (Å²) in [6.07, 6.45) is 4.46. The van der Waals surface area contributed by atoms with Gasteiger partial charge in [-0.2, -0.15) is 0 Å². The first-order valence-electron chi connectivity index (χ1n) is 6.86. The Kier molecular flexibility index (Phi) is 2.51. The van der Waals surface area contributed by atoms with E-state index in [4.69, 9.17) is 4.74 Å². The second-order valence-electron chi connectivity index (χ2n) is 7.10. The second-order valence-corrected chi connectivity index (χ2v) is 7.10. The smallest absolute Gasteiger partial charge is 0.225 e. The largest absolute Gasteiger partial charge is 0.381 e. The van der Waals surface area contributed by atoms with E-state index in [1.807, 2.05) is 0 Å². The van der Waals surface area contributed by atoms with Crippen molar-refractivity contribution in [1.82, 2.24) is 4.90 Å². The van der Waals surface area contributed by atoms with Crippen molar-refractivity contribution >= 4 is 5.91 Å². The molecule has 0 aromatic carbocycles. The Morgan fingerprint density at radius 1 is 1.18 bits per heavy atom. The van der Waals surface area contributed by atoms with E-state index in [1.54, 1.807) is 0 Å². The van der Waals surface area contributed by atoms with Gasteiger partial charge in [0.25, 0.3) is 0 Å². The molecule has 0 aromatic heterocycles. The third-order valence-corrected chi connectivity index (χ3v) is 4.64. The molecule has 3 nitrogen and oxygen atoms in total. The van der Waals surface area contributed by atoms with Crippen molar-refractivity contribution in [2.24, 2.45) is 16.7 Å². The summed E-state index contributed by atoms with van der Waals surface area (Å²) in [5.41, 5.74) is 1.03. The summed E-state index contributed by atoms with van der Waals surface area (Å²) < 4.78 is 5.31. The standard InChI is InChI=1S/C14H23NO2/c1-13(2)7-14(8-13)9-15(10-14)12(16)11-3-5-17-6-4-11/h11H,3-10H2,1-2H3. The molecule has 1 spiro atoms. The van der Waals surface area contributed by atoms with E-state index >= 15 is 0 Å². The van der Waals surface area contributed by atoms with Crippen LogP contribution in [0.25, 0.3) is 0 Å². The molecule has 3 fully saturated rings. The van der Waals surface area contributed by atoms with Gasteiger partial charge in [-0.1, -0.05) is 13.8 Å². The van der Waals surface area contributed by atoms with Crippen molar-refractivity contribution in [3.8, 4) is 0 Å². The van der Waals surface area contributed by atoms with Gasteiger partial charge >= 0.3 is 0 Å². The quantitative estimate of drug-likeness (QED) is 0.698. The lowest BCUT2D eigenvalue weighted by Gasteiger charge is -2.63. The summed E-state index contributed by atoms with van der Waals surface area (Å²) in [5, 5.41) is 0. The number of hydrogen-bond donors (Lipinski definition) is 0. The summed E-state index contributed by atoms with van der Waals surface area (Å²) in [5.74, 6) is 0.637. The van der Waals surface area contributed by atoms with Crippen LogP contribution in [0.2, 0.25) is 0 Å². The molecule has 0 N–H and O–H groups in total. The van der Waals surface area contributed by atoms with Crippen LogP contribution in [0.15, 0.2) is 0 Å². The Hall–Kier alpha value is -0.570. The summed E-state index contributed by atoms with van der Waals surface area (Å²) in [7, 11) is 0. The van der Waals surface area contributed by atoms with E-state index in [1.165, 1.54) is 12.8 Å². The molecule has 0 unspecified atom stereocenters. The zero-order chi connectivity index (χ0) is 12.1. The number of rotatable bonds is 1. The lowest BCUT2D eigenvalue weighted by atomic mass is 9.51. The van der Waals surface area contributed by atoms with Crippen molar-refractivity contribution in [3.05, 3.63) is 0 Å². The average Bonchev–Trinajstić information content (AvgIpc) is 2.22. The fourth-order valence-electron chi connectivity index (χ4n) is 4.32. The van der Waals surface area contributed by atoms with Crippen LogP contribution in [-0.4, -0.2) is 37.1 Å². The van der Waals surface area contributed by atoms with Crippen LogP contribution in [-0.2, 0) is 9.53 Å². The maximum atomic E-state index is 12.2. The number of carbonyl (C=O) groups excluding carboxylic acids is 1. The lowest BCUT2D eigenvalue weighted by molar-refractivity contribution is -0.170. The highest BCUT2D eigenvalue weighted by atomic mass is 16.5. The average molecular weight is 237 g/mol. The Morgan fingerprint density at radius 3 is 2.29 bits per heavy atom. The molecule has 0 aromatic rings. The lowest BCUT2D eigenvalue weighted by Crippen LogP contribution is -2.66. The normalized spacial score (nSPS) is 30.8. The third-order valence-electron chi connectivity index (χ3n) is 4.64. The van der Waals surface area contributed by atoms with Crippen molar-refractivity contribution < 1.29 is 9.53 Å². The maximum Gasteiger partial charge on any atom is 0.225 e. The summed E-state index contributed by atoms with van der Waals surface area (Å²) in [6, 6.07) is 0. The first kappa shape index (κ1) is 11.5. The predicted molar refractivity (Wildman–Crippen MR) is 65.6 cm³/mol. The topological polar surface area (TPSA) is 29.5 Å². The molecule has 1 amide bonds. The molecule has 1 saturated carbocycles. The van der Waals surface area contributed by atoms with Crippen LogP contribution in [0.1, 0.15) is 39.5 Å². The van der Waals surface area contributed by atoms with Crippen LogP contribution < -0.4 is 0 Å². The van der Waals surface area contributed by atoms with Gasteiger partial charge in [0.1, 0.15) is 0 Å². The van der Waals surface area contributed by atoms with Crippen LogP contribution in [0.5, 0.6) is 0 Å². The fourth-order valence-corrected chi connectivity index (χ4v) is 4.32. The third kappa shape index (κ3) is 1.99. The van der Waals surface area contributed by atoms with Crippen molar-refractivity contribution in [2.75, 3.05) is 26.3 Å². The minimum Gasteiger partial charge on any atom is -0.381 e.